The molecule has 1 aromatic carbocycles. The third kappa shape index (κ3) is 4.57. The summed E-state index contributed by atoms with van der Waals surface area (Å²) in [6, 6.07) is 5.64. The van der Waals surface area contributed by atoms with Gasteiger partial charge >= 0.3 is 0 Å². The van der Waals surface area contributed by atoms with Crippen LogP contribution in [0.5, 0.6) is 0 Å². The first-order valence-corrected chi connectivity index (χ1v) is 6.54. The van der Waals surface area contributed by atoms with Crippen LogP contribution in [-0.2, 0) is 4.79 Å². The van der Waals surface area contributed by atoms with Gasteiger partial charge in [0.05, 0.1) is 0 Å². The fourth-order valence-electron chi connectivity index (χ4n) is 1.23. The number of nitrogens with one attached hydrogen (secondary N) is 2. The average molecular weight is 353 g/mol. The normalized spacial score (nSPS) is 9.94. The minimum atomic E-state index is 0.0685. The summed E-state index contributed by atoms with van der Waals surface area (Å²) in [5.74, 6) is 0.0685. The Hall–Kier alpha value is -0.490. The van der Waals surface area contributed by atoms with Crippen molar-refractivity contribution in [2.45, 2.75) is 13.3 Å². The van der Waals surface area contributed by atoms with Crippen LogP contribution in [0.2, 0.25) is 5.02 Å². The van der Waals surface area contributed by atoms with Crippen LogP contribution in [0, 0.1) is 3.57 Å². The number of hydrogen-bond donors (Lipinski definition) is 2. The second kappa shape index (κ2) is 6.96. The summed E-state index contributed by atoms with van der Waals surface area (Å²) in [4.78, 5) is 11.2. The Bertz CT molecular complexity index is 371. The predicted molar refractivity (Wildman–Crippen MR) is 76.0 cm³/mol. The maximum absolute atomic E-state index is 11.2. The molecule has 0 unspecified atom stereocenters. The smallest absolute Gasteiger partial charge is 0.221 e. The molecule has 0 fully saturated rings. The molecule has 0 saturated carbocycles. The van der Waals surface area contributed by atoms with Crippen LogP contribution in [0.25, 0.3) is 0 Å². The van der Waals surface area contributed by atoms with E-state index in [0.717, 1.165) is 14.3 Å². The van der Waals surface area contributed by atoms with Crippen molar-refractivity contribution < 1.29 is 4.79 Å². The Balaban J connectivity index is 2.40. The molecule has 5 heteroatoms. The number of rotatable bonds is 5. The van der Waals surface area contributed by atoms with Gasteiger partial charge in [-0.2, -0.15) is 0 Å². The first kappa shape index (κ1) is 13.6. The zero-order chi connectivity index (χ0) is 12.0. The van der Waals surface area contributed by atoms with Gasteiger partial charge in [0.1, 0.15) is 0 Å². The number of benzene rings is 1. The van der Waals surface area contributed by atoms with Crippen LogP contribution in [0.15, 0.2) is 18.2 Å². The van der Waals surface area contributed by atoms with Crippen molar-refractivity contribution in [1.29, 1.82) is 0 Å². The monoisotopic (exact) mass is 352 g/mol. The Morgan fingerprint density at radius 2 is 2.25 bits per heavy atom. The topological polar surface area (TPSA) is 41.1 Å². The van der Waals surface area contributed by atoms with Crippen LogP contribution < -0.4 is 10.6 Å². The lowest BCUT2D eigenvalue weighted by atomic mass is 10.3. The number of halogens is 2. The van der Waals surface area contributed by atoms with Crippen LogP contribution in [-0.4, -0.2) is 19.0 Å². The molecular formula is C11H14ClIN2O. The van der Waals surface area contributed by atoms with Gasteiger partial charge in [-0.3, -0.25) is 4.79 Å². The summed E-state index contributed by atoms with van der Waals surface area (Å²) < 4.78 is 1.06. The number of anilines is 1. The summed E-state index contributed by atoms with van der Waals surface area (Å²) in [5, 5.41) is 6.68. The maximum atomic E-state index is 11.2. The van der Waals surface area contributed by atoms with E-state index >= 15 is 0 Å². The third-order valence-corrected chi connectivity index (χ3v) is 3.10. The molecule has 1 rings (SSSR count). The van der Waals surface area contributed by atoms with E-state index in [0.29, 0.717) is 19.5 Å². The second-order valence-electron chi connectivity index (χ2n) is 3.25. The Kier molecular flexibility index (Phi) is 5.90. The lowest BCUT2D eigenvalue weighted by Gasteiger charge is -2.08. The van der Waals surface area contributed by atoms with Gasteiger partial charge in [0.15, 0.2) is 0 Å². The zero-order valence-corrected chi connectivity index (χ0v) is 11.9. The molecule has 0 spiro atoms. The Morgan fingerprint density at radius 3 is 2.88 bits per heavy atom. The lowest BCUT2D eigenvalue weighted by molar-refractivity contribution is -0.120. The first-order chi connectivity index (χ1) is 7.63. The van der Waals surface area contributed by atoms with Crippen molar-refractivity contribution in [3.8, 4) is 0 Å². The van der Waals surface area contributed by atoms with Crippen molar-refractivity contribution in [2.24, 2.45) is 0 Å². The molecule has 0 aliphatic carbocycles. The summed E-state index contributed by atoms with van der Waals surface area (Å²) >= 11 is 8.06. The zero-order valence-electron chi connectivity index (χ0n) is 9.02. The minimum Gasteiger partial charge on any atom is -0.384 e. The number of amides is 1. The summed E-state index contributed by atoms with van der Waals surface area (Å²) in [6.45, 7) is 3.22. The quantitative estimate of drug-likeness (QED) is 0.800. The van der Waals surface area contributed by atoms with Gasteiger partial charge in [-0.1, -0.05) is 11.6 Å². The molecule has 88 valence electrons. The van der Waals surface area contributed by atoms with Crippen molar-refractivity contribution in [3.05, 3.63) is 26.8 Å². The van der Waals surface area contributed by atoms with E-state index in [1.807, 2.05) is 25.1 Å². The molecule has 2 N–H and O–H groups in total. The lowest BCUT2D eigenvalue weighted by Crippen LogP contribution is -2.24. The summed E-state index contributed by atoms with van der Waals surface area (Å²) in [6.07, 6.45) is 0.479. The van der Waals surface area contributed by atoms with Crippen LogP contribution in [0.4, 0.5) is 5.69 Å². The van der Waals surface area contributed by atoms with E-state index in [9.17, 15) is 4.79 Å². The molecular weight excluding hydrogens is 338 g/mol. The highest BCUT2D eigenvalue weighted by atomic mass is 127. The van der Waals surface area contributed by atoms with Crippen molar-refractivity contribution in [1.82, 2.24) is 5.32 Å². The maximum Gasteiger partial charge on any atom is 0.221 e. The molecule has 0 saturated heterocycles. The molecule has 1 aromatic rings. The van der Waals surface area contributed by atoms with Gasteiger partial charge in [0.2, 0.25) is 5.91 Å². The molecule has 0 aliphatic rings. The molecule has 16 heavy (non-hydrogen) atoms. The van der Waals surface area contributed by atoms with E-state index in [2.05, 4.69) is 33.2 Å². The molecule has 0 aliphatic heterocycles. The van der Waals surface area contributed by atoms with Gasteiger partial charge < -0.3 is 10.6 Å². The van der Waals surface area contributed by atoms with Gasteiger partial charge in [0.25, 0.3) is 0 Å². The van der Waals surface area contributed by atoms with E-state index < -0.39 is 0 Å². The van der Waals surface area contributed by atoms with Crippen LogP contribution >= 0.6 is 34.2 Å². The van der Waals surface area contributed by atoms with Crippen molar-refractivity contribution in [3.63, 3.8) is 0 Å². The average Bonchev–Trinajstić information content (AvgIpc) is 2.22. The van der Waals surface area contributed by atoms with Crippen molar-refractivity contribution >= 4 is 45.8 Å². The first-order valence-electron chi connectivity index (χ1n) is 5.09. The van der Waals surface area contributed by atoms with E-state index in [4.69, 9.17) is 11.6 Å². The number of hydrogen-bond acceptors (Lipinski definition) is 2. The van der Waals surface area contributed by atoms with E-state index in [1.165, 1.54) is 0 Å². The fraction of sp³-hybridized carbons (Fsp3) is 0.364. The number of carbonyl (C=O) groups is 1. The SMILES string of the molecule is CCNC(=O)CCNc1ccc(Cl)cc1I. The van der Waals surface area contributed by atoms with Gasteiger partial charge in [-0.25, -0.2) is 0 Å². The van der Waals surface area contributed by atoms with Gasteiger partial charge in [-0.05, 0) is 47.7 Å². The molecule has 0 bridgehead atoms. The standard InChI is InChI=1S/C11H14ClIN2O/c1-2-14-11(16)5-6-15-10-4-3-8(12)7-9(10)13/h3-4,7,15H,2,5-6H2,1H3,(H,14,16). The minimum absolute atomic E-state index is 0.0685. The van der Waals surface area contributed by atoms with Gasteiger partial charge in [-0.15, -0.1) is 0 Å². The van der Waals surface area contributed by atoms with Crippen LogP contribution in [0.3, 0.4) is 0 Å². The third-order valence-electron chi connectivity index (χ3n) is 1.97. The molecule has 0 aromatic heterocycles. The van der Waals surface area contributed by atoms with Gasteiger partial charge in [0, 0.05) is 33.8 Å². The molecule has 0 radical (unpaired) electrons. The molecule has 3 nitrogen and oxygen atoms in total. The summed E-state index contributed by atoms with van der Waals surface area (Å²) in [5.41, 5.74) is 1.01. The highest BCUT2D eigenvalue weighted by Gasteiger charge is 2.02. The second-order valence-corrected chi connectivity index (χ2v) is 4.85. The van der Waals surface area contributed by atoms with Crippen LogP contribution in [0.1, 0.15) is 13.3 Å². The highest BCUT2D eigenvalue weighted by molar-refractivity contribution is 14.1. The molecule has 0 heterocycles. The van der Waals surface area contributed by atoms with Crippen molar-refractivity contribution in [2.75, 3.05) is 18.4 Å². The van der Waals surface area contributed by atoms with E-state index in [1.54, 1.807) is 0 Å². The number of carbonyl (C=O) groups excluding carboxylic acids is 1. The van der Waals surface area contributed by atoms with E-state index in [-0.39, 0.29) is 5.91 Å². The predicted octanol–water partition coefficient (Wildman–Crippen LogP) is 2.88. The molecule has 0 atom stereocenters. The Labute approximate surface area is 114 Å². The molecule has 1 amide bonds. The highest BCUT2D eigenvalue weighted by Crippen LogP contribution is 2.21. The Morgan fingerprint density at radius 1 is 1.50 bits per heavy atom. The fourth-order valence-corrected chi connectivity index (χ4v) is 2.29. The largest absolute Gasteiger partial charge is 0.384 e. The summed E-state index contributed by atoms with van der Waals surface area (Å²) in [7, 11) is 0.